The first-order valence-electron chi connectivity index (χ1n) is 7.98. The van der Waals surface area contributed by atoms with Gasteiger partial charge in [0.25, 0.3) is 0 Å². The van der Waals surface area contributed by atoms with Gasteiger partial charge >= 0.3 is 5.97 Å². The molecule has 6 nitrogen and oxygen atoms in total. The van der Waals surface area contributed by atoms with E-state index in [1.807, 2.05) is 18.2 Å². The predicted octanol–water partition coefficient (Wildman–Crippen LogP) is 1.16. The number of carboxylic acids is 1. The minimum atomic E-state index is -1.00. The van der Waals surface area contributed by atoms with Crippen LogP contribution in [-0.2, 0) is 27.2 Å². The topological polar surface area (TPSA) is 84.9 Å². The molecular weight excluding hydrogens is 298 g/mol. The molecule has 2 aliphatic rings. The zero-order valence-corrected chi connectivity index (χ0v) is 12.9. The van der Waals surface area contributed by atoms with Gasteiger partial charge < -0.3 is 19.9 Å². The van der Waals surface area contributed by atoms with E-state index in [4.69, 9.17) is 9.47 Å². The fourth-order valence-electron chi connectivity index (χ4n) is 3.17. The second-order valence-corrected chi connectivity index (χ2v) is 6.08. The quantitative estimate of drug-likeness (QED) is 0.851. The van der Waals surface area contributed by atoms with Gasteiger partial charge in [-0.3, -0.25) is 4.79 Å². The van der Waals surface area contributed by atoms with E-state index in [1.54, 1.807) is 0 Å². The Hall–Kier alpha value is -2.08. The van der Waals surface area contributed by atoms with Gasteiger partial charge in [-0.2, -0.15) is 0 Å². The van der Waals surface area contributed by atoms with Crippen molar-refractivity contribution >= 4 is 11.9 Å². The van der Waals surface area contributed by atoms with Crippen LogP contribution in [-0.4, -0.2) is 42.8 Å². The average Bonchev–Trinajstić information content (AvgIpc) is 3.01. The van der Waals surface area contributed by atoms with Gasteiger partial charge in [0, 0.05) is 18.9 Å². The first-order chi connectivity index (χ1) is 11.1. The minimum Gasteiger partial charge on any atom is -0.493 e. The van der Waals surface area contributed by atoms with Gasteiger partial charge in [0.1, 0.15) is 11.8 Å². The summed E-state index contributed by atoms with van der Waals surface area (Å²) < 4.78 is 10.8. The number of aliphatic carboxylic acids is 1. The van der Waals surface area contributed by atoms with Crippen LogP contribution in [0.3, 0.4) is 0 Å². The average molecular weight is 319 g/mol. The molecule has 0 bridgehead atoms. The van der Waals surface area contributed by atoms with Crippen LogP contribution < -0.4 is 10.1 Å². The van der Waals surface area contributed by atoms with Crippen LogP contribution in [0.5, 0.6) is 5.75 Å². The van der Waals surface area contributed by atoms with Gasteiger partial charge in [-0.1, -0.05) is 12.1 Å². The van der Waals surface area contributed by atoms with Gasteiger partial charge in [0.05, 0.1) is 19.6 Å². The normalized spacial score (nSPS) is 21.1. The largest absolute Gasteiger partial charge is 0.493 e. The third-order valence-corrected chi connectivity index (χ3v) is 4.37. The summed E-state index contributed by atoms with van der Waals surface area (Å²) in [7, 11) is 0. The molecule has 2 heterocycles. The summed E-state index contributed by atoms with van der Waals surface area (Å²) in [6, 6.07) is 4.79. The van der Waals surface area contributed by atoms with E-state index >= 15 is 0 Å². The predicted molar refractivity (Wildman–Crippen MR) is 82.5 cm³/mol. The molecule has 2 aliphatic heterocycles. The Kier molecular flexibility index (Phi) is 4.81. The maximum atomic E-state index is 12.2. The van der Waals surface area contributed by atoms with Crippen molar-refractivity contribution < 1.29 is 24.2 Å². The smallest absolute Gasteiger partial charge is 0.326 e. The van der Waals surface area contributed by atoms with Gasteiger partial charge in [0.2, 0.25) is 5.91 Å². The number of hydrogen-bond acceptors (Lipinski definition) is 4. The van der Waals surface area contributed by atoms with Crippen molar-refractivity contribution in [1.29, 1.82) is 0 Å². The number of fused-ring (bicyclic) bond motifs is 1. The molecule has 2 unspecified atom stereocenters. The molecule has 1 amide bonds. The lowest BCUT2D eigenvalue weighted by atomic mass is 9.93. The van der Waals surface area contributed by atoms with Gasteiger partial charge in [-0.15, -0.1) is 0 Å². The highest BCUT2D eigenvalue weighted by molar-refractivity contribution is 5.85. The highest BCUT2D eigenvalue weighted by atomic mass is 16.5. The molecule has 124 valence electrons. The lowest BCUT2D eigenvalue weighted by molar-refractivity contribution is -0.145. The standard InChI is InChI=1S/C17H21NO5/c19-15(9-11-3-4-14-12(8-11)5-7-23-14)18-16(17(20)21)13-2-1-6-22-10-13/h3-4,8,13,16H,1-2,5-7,9-10H2,(H,18,19)(H,20,21). The van der Waals surface area contributed by atoms with Crippen LogP contribution in [0, 0.1) is 5.92 Å². The molecule has 2 N–H and O–H groups in total. The van der Waals surface area contributed by atoms with E-state index in [2.05, 4.69) is 5.32 Å². The van der Waals surface area contributed by atoms with E-state index in [0.717, 1.165) is 36.1 Å². The molecule has 6 heteroatoms. The molecule has 0 aliphatic carbocycles. The molecule has 1 fully saturated rings. The zero-order valence-electron chi connectivity index (χ0n) is 12.9. The maximum Gasteiger partial charge on any atom is 0.326 e. The van der Waals surface area contributed by atoms with Crippen molar-refractivity contribution in [3.8, 4) is 5.75 Å². The maximum absolute atomic E-state index is 12.2. The number of hydrogen-bond donors (Lipinski definition) is 2. The molecule has 0 aromatic heterocycles. The summed E-state index contributed by atoms with van der Waals surface area (Å²) >= 11 is 0. The number of amides is 1. The fraction of sp³-hybridized carbons (Fsp3) is 0.529. The molecule has 23 heavy (non-hydrogen) atoms. The van der Waals surface area contributed by atoms with E-state index in [1.165, 1.54) is 0 Å². The Balaban J connectivity index is 1.61. The Bertz CT molecular complexity index is 595. The number of carbonyl (C=O) groups excluding carboxylic acids is 1. The van der Waals surface area contributed by atoms with Crippen LogP contribution >= 0.6 is 0 Å². The van der Waals surface area contributed by atoms with Crippen molar-refractivity contribution in [2.45, 2.75) is 31.7 Å². The highest BCUT2D eigenvalue weighted by Crippen LogP contribution is 2.26. The Morgan fingerprint density at radius 2 is 2.22 bits per heavy atom. The Morgan fingerprint density at radius 1 is 1.35 bits per heavy atom. The second-order valence-electron chi connectivity index (χ2n) is 6.08. The van der Waals surface area contributed by atoms with Crippen molar-refractivity contribution in [2.24, 2.45) is 5.92 Å². The monoisotopic (exact) mass is 319 g/mol. The SMILES string of the molecule is O=C(Cc1ccc2c(c1)CCO2)NC(C(=O)O)C1CCCOC1. The number of rotatable bonds is 5. The van der Waals surface area contributed by atoms with E-state index < -0.39 is 12.0 Å². The number of ether oxygens (including phenoxy) is 2. The third kappa shape index (κ3) is 3.82. The molecule has 0 spiro atoms. The summed E-state index contributed by atoms with van der Waals surface area (Å²) in [6.45, 7) is 1.72. The number of carboxylic acid groups (broad SMARTS) is 1. The molecule has 1 aromatic carbocycles. The number of carbonyl (C=O) groups is 2. The summed E-state index contributed by atoms with van der Waals surface area (Å²) in [5, 5.41) is 12.0. The molecule has 0 radical (unpaired) electrons. The van der Waals surface area contributed by atoms with Crippen LogP contribution in [0.15, 0.2) is 18.2 Å². The van der Waals surface area contributed by atoms with E-state index in [0.29, 0.717) is 19.8 Å². The summed E-state index contributed by atoms with van der Waals surface area (Å²) in [4.78, 5) is 23.7. The summed E-state index contributed by atoms with van der Waals surface area (Å²) in [5.41, 5.74) is 1.97. The zero-order chi connectivity index (χ0) is 16.2. The van der Waals surface area contributed by atoms with Gasteiger partial charge in [0.15, 0.2) is 0 Å². The molecule has 2 atom stereocenters. The lowest BCUT2D eigenvalue weighted by Crippen LogP contribution is -2.48. The first-order valence-corrected chi connectivity index (χ1v) is 7.98. The molecule has 1 saturated heterocycles. The third-order valence-electron chi connectivity index (χ3n) is 4.37. The molecular formula is C17H21NO5. The molecule has 1 aromatic rings. The minimum absolute atomic E-state index is 0.168. The van der Waals surface area contributed by atoms with Crippen molar-refractivity contribution in [3.05, 3.63) is 29.3 Å². The number of nitrogens with one attached hydrogen (secondary N) is 1. The lowest BCUT2D eigenvalue weighted by Gasteiger charge is -2.28. The second kappa shape index (κ2) is 7.00. The summed E-state index contributed by atoms with van der Waals surface area (Å²) in [5.74, 6) is -0.575. The van der Waals surface area contributed by atoms with Crippen molar-refractivity contribution in [2.75, 3.05) is 19.8 Å². The van der Waals surface area contributed by atoms with Crippen molar-refractivity contribution in [3.63, 3.8) is 0 Å². The fourth-order valence-corrected chi connectivity index (χ4v) is 3.17. The Morgan fingerprint density at radius 3 is 2.96 bits per heavy atom. The van der Waals surface area contributed by atoms with Crippen LogP contribution in [0.4, 0.5) is 0 Å². The molecule has 3 rings (SSSR count). The van der Waals surface area contributed by atoms with Crippen LogP contribution in [0.2, 0.25) is 0 Å². The van der Waals surface area contributed by atoms with Crippen LogP contribution in [0.25, 0.3) is 0 Å². The van der Waals surface area contributed by atoms with E-state index in [-0.39, 0.29) is 18.2 Å². The first kappa shape index (κ1) is 15.8. The number of benzene rings is 1. The highest BCUT2D eigenvalue weighted by Gasteiger charge is 2.31. The van der Waals surface area contributed by atoms with E-state index in [9.17, 15) is 14.7 Å². The van der Waals surface area contributed by atoms with Crippen LogP contribution in [0.1, 0.15) is 24.0 Å². The van der Waals surface area contributed by atoms with Crippen molar-refractivity contribution in [1.82, 2.24) is 5.32 Å². The van der Waals surface area contributed by atoms with Gasteiger partial charge in [-0.25, -0.2) is 4.79 Å². The summed E-state index contributed by atoms with van der Waals surface area (Å²) in [6.07, 6.45) is 2.61. The van der Waals surface area contributed by atoms with Gasteiger partial charge in [-0.05, 0) is 30.0 Å². The molecule has 0 saturated carbocycles. The Labute approximate surface area is 134 Å².